The average Bonchev–Trinajstić information content (AvgIpc) is 3.39. The number of carbonyl (C=O) groups is 2. The largest absolute Gasteiger partial charge is 0.376 e. The van der Waals surface area contributed by atoms with Crippen molar-refractivity contribution in [3.63, 3.8) is 0 Å². The van der Waals surface area contributed by atoms with E-state index in [1.807, 2.05) is 60.7 Å². The van der Waals surface area contributed by atoms with E-state index < -0.39 is 6.04 Å². The van der Waals surface area contributed by atoms with Gasteiger partial charge < -0.3 is 15.0 Å². The molecule has 0 radical (unpaired) electrons. The number of halogens is 1. The second-order valence-electron chi connectivity index (χ2n) is 8.50. The molecule has 1 fully saturated rings. The van der Waals surface area contributed by atoms with Gasteiger partial charge >= 0.3 is 0 Å². The molecule has 5 nitrogen and oxygen atoms in total. The van der Waals surface area contributed by atoms with E-state index >= 15 is 0 Å². The molecule has 0 aromatic heterocycles. The van der Waals surface area contributed by atoms with E-state index in [9.17, 15) is 14.0 Å². The maximum Gasteiger partial charge on any atom is 0.247 e. The van der Waals surface area contributed by atoms with Gasteiger partial charge in [-0.3, -0.25) is 9.59 Å². The molecule has 176 valence electrons. The van der Waals surface area contributed by atoms with Crippen LogP contribution in [0.5, 0.6) is 0 Å². The van der Waals surface area contributed by atoms with Gasteiger partial charge in [0.2, 0.25) is 11.8 Å². The minimum absolute atomic E-state index is 0.00839. The molecule has 0 bridgehead atoms. The van der Waals surface area contributed by atoms with Crippen molar-refractivity contribution in [2.24, 2.45) is 0 Å². The van der Waals surface area contributed by atoms with Crippen molar-refractivity contribution in [2.45, 2.75) is 38.0 Å². The monoisotopic (exact) mass is 460 g/mol. The summed E-state index contributed by atoms with van der Waals surface area (Å²) >= 11 is 0. The zero-order valence-electron chi connectivity index (χ0n) is 19.0. The SMILES string of the molecule is O=C(NC[C@@H]1CCCO1)[C@H](c1ccccc1)N(Cc1ccc(F)cc1)C(=O)Cc1ccccc1. The Labute approximate surface area is 199 Å². The molecule has 6 heteroatoms. The van der Waals surface area contributed by atoms with Crippen LogP contribution < -0.4 is 5.32 Å². The normalized spacial score (nSPS) is 16.1. The van der Waals surface area contributed by atoms with Gasteiger partial charge in [-0.1, -0.05) is 72.8 Å². The predicted molar refractivity (Wildman–Crippen MR) is 128 cm³/mol. The van der Waals surface area contributed by atoms with E-state index in [-0.39, 0.29) is 36.7 Å². The number of nitrogens with zero attached hydrogens (tertiary/aromatic N) is 1. The molecule has 2 atom stereocenters. The Morgan fingerprint density at radius 3 is 2.26 bits per heavy atom. The lowest BCUT2D eigenvalue weighted by Crippen LogP contribution is -2.45. The lowest BCUT2D eigenvalue weighted by Gasteiger charge is -2.32. The van der Waals surface area contributed by atoms with Gasteiger partial charge in [0, 0.05) is 19.7 Å². The topological polar surface area (TPSA) is 58.6 Å². The molecule has 1 heterocycles. The van der Waals surface area contributed by atoms with Crippen LogP contribution in [-0.4, -0.2) is 36.0 Å². The Morgan fingerprint density at radius 1 is 0.941 bits per heavy atom. The lowest BCUT2D eigenvalue weighted by molar-refractivity contribution is -0.141. The van der Waals surface area contributed by atoms with Crippen LogP contribution in [0.3, 0.4) is 0 Å². The zero-order chi connectivity index (χ0) is 23.8. The van der Waals surface area contributed by atoms with Crippen LogP contribution in [-0.2, 0) is 27.3 Å². The van der Waals surface area contributed by atoms with Crippen LogP contribution in [0.1, 0.15) is 35.6 Å². The minimum Gasteiger partial charge on any atom is -0.376 e. The van der Waals surface area contributed by atoms with Crippen molar-refractivity contribution in [3.05, 3.63) is 107 Å². The van der Waals surface area contributed by atoms with E-state index in [1.54, 1.807) is 17.0 Å². The van der Waals surface area contributed by atoms with E-state index in [1.165, 1.54) is 12.1 Å². The lowest BCUT2D eigenvalue weighted by atomic mass is 10.0. The number of hydrogen-bond donors (Lipinski definition) is 1. The third kappa shape index (κ3) is 6.29. The number of rotatable bonds is 9. The highest BCUT2D eigenvalue weighted by molar-refractivity contribution is 5.89. The fraction of sp³-hybridized carbons (Fsp3) is 0.286. The molecule has 1 aliphatic heterocycles. The van der Waals surface area contributed by atoms with Gasteiger partial charge in [-0.15, -0.1) is 0 Å². The summed E-state index contributed by atoms with van der Waals surface area (Å²) in [6.07, 6.45) is 2.04. The molecule has 2 amide bonds. The van der Waals surface area contributed by atoms with Gasteiger partial charge in [-0.25, -0.2) is 4.39 Å². The molecule has 0 spiro atoms. The second-order valence-corrected chi connectivity index (χ2v) is 8.50. The number of benzene rings is 3. The maximum atomic E-state index is 13.6. The van der Waals surface area contributed by atoms with Gasteiger partial charge in [0.1, 0.15) is 11.9 Å². The first-order chi connectivity index (χ1) is 16.6. The molecule has 3 aromatic rings. The summed E-state index contributed by atoms with van der Waals surface area (Å²) in [7, 11) is 0. The molecule has 0 saturated carbocycles. The number of carbonyl (C=O) groups excluding carboxylic acids is 2. The fourth-order valence-electron chi connectivity index (χ4n) is 4.21. The standard InChI is InChI=1S/C28H29FN2O3/c29-24-15-13-22(14-16-24)20-31(26(32)18-21-8-3-1-4-9-21)27(23-10-5-2-6-11-23)28(33)30-19-25-12-7-17-34-25/h1-6,8-11,13-16,25,27H,7,12,17-20H2,(H,30,33)/t25-,27-/m0/s1. The molecule has 0 aliphatic carbocycles. The van der Waals surface area contributed by atoms with Crippen molar-refractivity contribution < 1.29 is 18.7 Å². The number of amides is 2. The third-order valence-corrected chi connectivity index (χ3v) is 5.99. The number of nitrogens with one attached hydrogen (secondary N) is 1. The summed E-state index contributed by atoms with van der Waals surface area (Å²) in [5.41, 5.74) is 2.33. The van der Waals surface area contributed by atoms with Crippen LogP contribution in [0.25, 0.3) is 0 Å². The summed E-state index contributed by atoms with van der Waals surface area (Å²) in [4.78, 5) is 28.7. The second kappa shape index (κ2) is 11.6. The van der Waals surface area contributed by atoms with Crippen LogP contribution in [0, 0.1) is 5.82 Å². The van der Waals surface area contributed by atoms with Crippen LogP contribution in [0.2, 0.25) is 0 Å². The maximum absolute atomic E-state index is 13.6. The smallest absolute Gasteiger partial charge is 0.247 e. The van der Waals surface area contributed by atoms with Gasteiger partial charge in [-0.2, -0.15) is 0 Å². The molecule has 4 rings (SSSR count). The summed E-state index contributed by atoms with van der Waals surface area (Å²) in [6.45, 7) is 1.28. The van der Waals surface area contributed by atoms with Crippen LogP contribution >= 0.6 is 0 Å². The van der Waals surface area contributed by atoms with Crippen molar-refractivity contribution in [1.82, 2.24) is 10.2 Å². The Kier molecular flexibility index (Phi) is 8.04. The summed E-state index contributed by atoms with van der Waals surface area (Å²) in [5.74, 6) is -0.790. The minimum atomic E-state index is -0.830. The summed E-state index contributed by atoms with van der Waals surface area (Å²) < 4.78 is 19.2. The summed E-state index contributed by atoms with van der Waals surface area (Å²) in [5, 5.41) is 3.00. The van der Waals surface area contributed by atoms with E-state index in [0.29, 0.717) is 13.2 Å². The number of ether oxygens (including phenoxy) is 1. The zero-order valence-corrected chi connectivity index (χ0v) is 19.0. The molecule has 1 N–H and O–H groups in total. The fourth-order valence-corrected chi connectivity index (χ4v) is 4.21. The molecule has 1 aliphatic rings. The molecular weight excluding hydrogens is 431 g/mol. The van der Waals surface area contributed by atoms with E-state index in [0.717, 1.165) is 29.5 Å². The van der Waals surface area contributed by atoms with Gasteiger partial charge in [0.05, 0.1) is 12.5 Å². The highest BCUT2D eigenvalue weighted by Gasteiger charge is 2.32. The Morgan fingerprint density at radius 2 is 1.62 bits per heavy atom. The van der Waals surface area contributed by atoms with E-state index in [4.69, 9.17) is 4.74 Å². The Balaban J connectivity index is 1.64. The first-order valence-corrected chi connectivity index (χ1v) is 11.6. The van der Waals surface area contributed by atoms with Crippen molar-refractivity contribution >= 4 is 11.8 Å². The molecule has 3 aromatic carbocycles. The highest BCUT2D eigenvalue weighted by Crippen LogP contribution is 2.25. The van der Waals surface area contributed by atoms with Crippen molar-refractivity contribution in [1.29, 1.82) is 0 Å². The highest BCUT2D eigenvalue weighted by atomic mass is 19.1. The van der Waals surface area contributed by atoms with Crippen LogP contribution in [0.15, 0.2) is 84.9 Å². The van der Waals surface area contributed by atoms with Gasteiger partial charge in [0.15, 0.2) is 0 Å². The molecule has 0 unspecified atom stereocenters. The first kappa shape index (κ1) is 23.6. The Hall–Kier alpha value is -3.51. The Bertz CT molecular complexity index is 1070. The van der Waals surface area contributed by atoms with Gasteiger partial charge in [0.25, 0.3) is 0 Å². The number of hydrogen-bond acceptors (Lipinski definition) is 3. The molecular formula is C28H29FN2O3. The third-order valence-electron chi connectivity index (χ3n) is 5.99. The predicted octanol–water partition coefficient (Wildman–Crippen LogP) is 4.43. The van der Waals surface area contributed by atoms with Crippen molar-refractivity contribution in [2.75, 3.05) is 13.2 Å². The van der Waals surface area contributed by atoms with Crippen LogP contribution in [0.4, 0.5) is 4.39 Å². The first-order valence-electron chi connectivity index (χ1n) is 11.6. The molecule has 34 heavy (non-hydrogen) atoms. The average molecular weight is 461 g/mol. The molecule has 1 saturated heterocycles. The quantitative estimate of drug-likeness (QED) is 0.514. The van der Waals surface area contributed by atoms with Gasteiger partial charge in [-0.05, 0) is 41.7 Å². The van der Waals surface area contributed by atoms with E-state index in [2.05, 4.69) is 5.32 Å². The van der Waals surface area contributed by atoms with Crippen molar-refractivity contribution in [3.8, 4) is 0 Å². The summed E-state index contributed by atoms with van der Waals surface area (Å²) in [6, 6.07) is 23.9.